The minimum atomic E-state index is -0.152. The summed E-state index contributed by atoms with van der Waals surface area (Å²) in [6.07, 6.45) is 7.24. The summed E-state index contributed by atoms with van der Waals surface area (Å²) in [5.74, 6) is -0.152. The molecule has 0 saturated carbocycles. The minimum absolute atomic E-state index is 0.152. The van der Waals surface area contributed by atoms with Crippen molar-refractivity contribution in [1.82, 2.24) is 0 Å². The first-order chi connectivity index (χ1) is 7.10. The summed E-state index contributed by atoms with van der Waals surface area (Å²) in [7, 11) is 0. The van der Waals surface area contributed by atoms with Crippen LogP contribution in [0.1, 0.15) is 33.6 Å². The van der Waals surface area contributed by atoms with Crippen molar-refractivity contribution in [3.8, 4) is 0 Å². The van der Waals surface area contributed by atoms with E-state index in [1.807, 2.05) is 19.9 Å². The Hall–Kier alpha value is -1.31. The Morgan fingerprint density at radius 3 is 2.53 bits per heavy atom. The SMILES string of the molecule is C=C/C(C)=C\C/C=C(\C)COC(=O)CC. The van der Waals surface area contributed by atoms with Gasteiger partial charge in [-0.15, -0.1) is 0 Å². The largest absolute Gasteiger partial charge is 0.461 e. The molecular weight excluding hydrogens is 188 g/mol. The van der Waals surface area contributed by atoms with Crippen molar-refractivity contribution in [2.24, 2.45) is 0 Å². The number of rotatable bonds is 6. The number of esters is 1. The molecule has 0 aliphatic heterocycles. The summed E-state index contributed by atoms with van der Waals surface area (Å²) in [4.78, 5) is 10.9. The molecule has 0 spiro atoms. The molecular formula is C13H20O2. The summed E-state index contributed by atoms with van der Waals surface area (Å²) in [6, 6.07) is 0. The monoisotopic (exact) mass is 208 g/mol. The molecule has 15 heavy (non-hydrogen) atoms. The molecule has 0 N–H and O–H groups in total. The van der Waals surface area contributed by atoms with E-state index < -0.39 is 0 Å². The third-order valence-electron chi connectivity index (χ3n) is 1.98. The van der Waals surface area contributed by atoms with Gasteiger partial charge in [0.25, 0.3) is 0 Å². The quantitative estimate of drug-likeness (QED) is 0.380. The summed E-state index contributed by atoms with van der Waals surface area (Å²) in [5.41, 5.74) is 2.23. The number of hydrogen-bond donors (Lipinski definition) is 0. The molecule has 0 heterocycles. The summed E-state index contributed by atoms with van der Waals surface area (Å²) >= 11 is 0. The van der Waals surface area contributed by atoms with Gasteiger partial charge < -0.3 is 4.74 Å². The highest BCUT2D eigenvalue weighted by molar-refractivity contribution is 5.69. The molecule has 0 aliphatic carbocycles. The van der Waals surface area contributed by atoms with Gasteiger partial charge in [-0.2, -0.15) is 0 Å². The average Bonchev–Trinajstić information content (AvgIpc) is 2.25. The third kappa shape index (κ3) is 7.74. The van der Waals surface area contributed by atoms with Crippen LogP contribution in [0.4, 0.5) is 0 Å². The van der Waals surface area contributed by atoms with Crippen LogP contribution in [0.25, 0.3) is 0 Å². The molecule has 0 radical (unpaired) electrons. The Labute approximate surface area is 92.3 Å². The smallest absolute Gasteiger partial charge is 0.305 e. The third-order valence-corrected chi connectivity index (χ3v) is 1.98. The molecule has 84 valence electrons. The maximum Gasteiger partial charge on any atom is 0.305 e. The zero-order valence-corrected chi connectivity index (χ0v) is 9.88. The first-order valence-electron chi connectivity index (χ1n) is 5.20. The van der Waals surface area contributed by atoms with Gasteiger partial charge in [-0.05, 0) is 25.8 Å². The number of carbonyl (C=O) groups is 1. The maximum absolute atomic E-state index is 10.9. The second kappa shape index (κ2) is 8.04. The van der Waals surface area contributed by atoms with Crippen LogP contribution in [-0.4, -0.2) is 12.6 Å². The van der Waals surface area contributed by atoms with Crippen LogP contribution in [-0.2, 0) is 9.53 Å². The van der Waals surface area contributed by atoms with E-state index in [2.05, 4.69) is 18.7 Å². The molecule has 0 rings (SSSR count). The zero-order valence-electron chi connectivity index (χ0n) is 9.88. The normalized spacial score (nSPS) is 12.5. The molecule has 0 atom stereocenters. The molecule has 2 heteroatoms. The number of hydrogen-bond acceptors (Lipinski definition) is 2. The van der Waals surface area contributed by atoms with Gasteiger partial charge >= 0.3 is 5.97 Å². The molecule has 2 nitrogen and oxygen atoms in total. The zero-order chi connectivity index (χ0) is 11.7. The average molecular weight is 208 g/mol. The molecule has 0 aromatic carbocycles. The highest BCUT2D eigenvalue weighted by Gasteiger charge is 1.97. The van der Waals surface area contributed by atoms with Crippen molar-refractivity contribution in [2.75, 3.05) is 6.61 Å². The maximum atomic E-state index is 10.9. The van der Waals surface area contributed by atoms with Crippen LogP contribution in [0, 0.1) is 0 Å². The predicted molar refractivity (Wildman–Crippen MR) is 63.6 cm³/mol. The van der Waals surface area contributed by atoms with E-state index in [4.69, 9.17) is 4.74 Å². The van der Waals surface area contributed by atoms with Crippen molar-refractivity contribution in [3.05, 3.63) is 36.0 Å². The Balaban J connectivity index is 3.89. The first kappa shape index (κ1) is 13.7. The standard InChI is InChI=1S/C13H20O2/c1-5-11(3)8-7-9-12(4)10-15-13(14)6-2/h5,8-9H,1,6-7,10H2,2-4H3/b11-8-,12-9+. The second-order valence-electron chi connectivity index (χ2n) is 3.45. The van der Waals surface area contributed by atoms with Gasteiger partial charge in [0.1, 0.15) is 6.61 Å². The van der Waals surface area contributed by atoms with Crippen molar-refractivity contribution in [3.63, 3.8) is 0 Å². The second-order valence-corrected chi connectivity index (χ2v) is 3.45. The Bertz CT molecular complexity index is 272. The number of allylic oxidation sites excluding steroid dienone is 4. The van der Waals surface area contributed by atoms with Gasteiger partial charge in [0.15, 0.2) is 0 Å². The highest BCUT2D eigenvalue weighted by Crippen LogP contribution is 2.01. The molecule has 0 amide bonds. The van der Waals surface area contributed by atoms with Crippen LogP contribution in [0.3, 0.4) is 0 Å². The Kier molecular flexibility index (Phi) is 7.33. The van der Waals surface area contributed by atoms with E-state index in [-0.39, 0.29) is 5.97 Å². The van der Waals surface area contributed by atoms with Crippen LogP contribution in [0.2, 0.25) is 0 Å². The lowest BCUT2D eigenvalue weighted by Gasteiger charge is -2.02. The lowest BCUT2D eigenvalue weighted by Crippen LogP contribution is -2.04. The summed E-state index contributed by atoms with van der Waals surface area (Å²) in [6.45, 7) is 9.82. The molecule has 0 aliphatic rings. The lowest BCUT2D eigenvalue weighted by atomic mass is 10.2. The Morgan fingerprint density at radius 2 is 2.00 bits per heavy atom. The van der Waals surface area contributed by atoms with Crippen molar-refractivity contribution < 1.29 is 9.53 Å². The highest BCUT2D eigenvalue weighted by atomic mass is 16.5. The fourth-order valence-electron chi connectivity index (χ4n) is 0.885. The van der Waals surface area contributed by atoms with Crippen LogP contribution >= 0.6 is 0 Å². The van der Waals surface area contributed by atoms with E-state index in [1.54, 1.807) is 6.92 Å². The first-order valence-corrected chi connectivity index (χ1v) is 5.20. The van der Waals surface area contributed by atoms with Gasteiger partial charge in [-0.3, -0.25) is 4.79 Å². The fraction of sp³-hybridized carbons (Fsp3) is 0.462. The van der Waals surface area contributed by atoms with Crippen LogP contribution in [0.5, 0.6) is 0 Å². The molecule has 0 aromatic heterocycles. The predicted octanol–water partition coefficient (Wildman–Crippen LogP) is 3.41. The van der Waals surface area contributed by atoms with Gasteiger partial charge in [-0.25, -0.2) is 0 Å². The number of ether oxygens (including phenoxy) is 1. The fourth-order valence-corrected chi connectivity index (χ4v) is 0.885. The molecule has 0 aromatic rings. The Morgan fingerprint density at radius 1 is 1.33 bits per heavy atom. The van der Waals surface area contributed by atoms with E-state index in [1.165, 1.54) is 0 Å². The van der Waals surface area contributed by atoms with Gasteiger partial charge in [0.2, 0.25) is 0 Å². The van der Waals surface area contributed by atoms with E-state index >= 15 is 0 Å². The van der Waals surface area contributed by atoms with Crippen molar-refractivity contribution >= 4 is 5.97 Å². The number of carbonyl (C=O) groups excluding carboxylic acids is 1. The van der Waals surface area contributed by atoms with Crippen molar-refractivity contribution in [2.45, 2.75) is 33.6 Å². The van der Waals surface area contributed by atoms with E-state index in [0.29, 0.717) is 13.0 Å². The molecule has 0 fully saturated rings. The van der Waals surface area contributed by atoms with Gasteiger partial charge in [-0.1, -0.05) is 37.3 Å². The van der Waals surface area contributed by atoms with Crippen LogP contribution < -0.4 is 0 Å². The minimum Gasteiger partial charge on any atom is -0.461 e. The van der Waals surface area contributed by atoms with Crippen molar-refractivity contribution in [1.29, 1.82) is 0 Å². The summed E-state index contributed by atoms with van der Waals surface area (Å²) < 4.78 is 4.99. The van der Waals surface area contributed by atoms with E-state index in [9.17, 15) is 4.79 Å². The summed E-state index contributed by atoms with van der Waals surface area (Å²) in [5, 5.41) is 0. The topological polar surface area (TPSA) is 26.3 Å². The lowest BCUT2D eigenvalue weighted by molar-refractivity contribution is -0.142. The van der Waals surface area contributed by atoms with E-state index in [0.717, 1.165) is 17.6 Å². The molecule has 0 saturated heterocycles. The molecule has 0 unspecified atom stereocenters. The van der Waals surface area contributed by atoms with Crippen LogP contribution in [0.15, 0.2) is 36.0 Å². The van der Waals surface area contributed by atoms with Gasteiger partial charge in [0.05, 0.1) is 0 Å². The van der Waals surface area contributed by atoms with Gasteiger partial charge in [0, 0.05) is 6.42 Å². The molecule has 0 bridgehead atoms.